The normalized spacial score (nSPS) is 28.7. The smallest absolute Gasteiger partial charge is 0.410 e. The molecule has 20 heavy (non-hydrogen) atoms. The van der Waals surface area contributed by atoms with Gasteiger partial charge in [0.25, 0.3) is 0 Å². The fourth-order valence-corrected chi connectivity index (χ4v) is 3.09. The molecule has 2 aliphatic heterocycles. The Morgan fingerprint density at radius 2 is 2.00 bits per heavy atom. The fourth-order valence-electron chi connectivity index (χ4n) is 3.09. The lowest BCUT2D eigenvalue weighted by Gasteiger charge is -2.38. The first-order chi connectivity index (χ1) is 9.39. The zero-order valence-electron chi connectivity index (χ0n) is 13.0. The molecule has 0 radical (unpaired) electrons. The maximum atomic E-state index is 12.1. The Balaban J connectivity index is 1.87. The van der Waals surface area contributed by atoms with Gasteiger partial charge >= 0.3 is 6.09 Å². The molecular weight excluding hydrogens is 256 g/mol. The molecule has 2 heterocycles. The molecule has 2 rings (SSSR count). The van der Waals surface area contributed by atoms with Crippen LogP contribution in [0.25, 0.3) is 0 Å². The number of nitrogens with zero attached hydrogens (tertiary/aromatic N) is 2. The van der Waals surface area contributed by atoms with Gasteiger partial charge in [0.1, 0.15) is 5.60 Å². The van der Waals surface area contributed by atoms with Gasteiger partial charge in [0.05, 0.1) is 0 Å². The number of hydrogen-bond donors (Lipinski definition) is 1. The first-order valence-electron chi connectivity index (χ1n) is 7.72. The highest BCUT2D eigenvalue weighted by atomic mass is 16.6. The Morgan fingerprint density at radius 3 is 2.60 bits per heavy atom. The van der Waals surface area contributed by atoms with Crippen LogP contribution in [0.2, 0.25) is 0 Å². The van der Waals surface area contributed by atoms with Crippen molar-refractivity contribution >= 4 is 6.09 Å². The van der Waals surface area contributed by atoms with E-state index in [1.54, 1.807) is 0 Å². The number of carbonyl (C=O) groups is 1. The highest BCUT2D eigenvalue weighted by Crippen LogP contribution is 2.24. The topological polar surface area (TPSA) is 53.0 Å². The summed E-state index contributed by atoms with van der Waals surface area (Å²) in [6, 6.07) is 0.424. The summed E-state index contributed by atoms with van der Waals surface area (Å²) in [5.41, 5.74) is -0.431. The van der Waals surface area contributed by atoms with E-state index in [0.29, 0.717) is 12.0 Å². The van der Waals surface area contributed by atoms with Crippen molar-refractivity contribution in [2.24, 2.45) is 5.92 Å². The molecule has 5 heteroatoms. The number of aliphatic hydroxyl groups excluding tert-OH is 1. The minimum atomic E-state index is -0.431. The molecule has 0 saturated carbocycles. The number of likely N-dealkylation sites (tertiary alicyclic amines) is 2. The second-order valence-electron chi connectivity index (χ2n) is 7.05. The average Bonchev–Trinajstić information content (AvgIpc) is 2.85. The van der Waals surface area contributed by atoms with E-state index in [4.69, 9.17) is 4.74 Å². The van der Waals surface area contributed by atoms with Crippen LogP contribution in [0, 0.1) is 5.92 Å². The van der Waals surface area contributed by atoms with Gasteiger partial charge in [-0.25, -0.2) is 4.79 Å². The maximum Gasteiger partial charge on any atom is 0.410 e. The van der Waals surface area contributed by atoms with E-state index in [2.05, 4.69) is 4.90 Å². The predicted octanol–water partition coefficient (Wildman–Crippen LogP) is 1.70. The van der Waals surface area contributed by atoms with Gasteiger partial charge in [-0.05, 0) is 52.5 Å². The van der Waals surface area contributed by atoms with Crippen LogP contribution >= 0.6 is 0 Å². The summed E-state index contributed by atoms with van der Waals surface area (Å²) in [6.45, 7) is 9.53. The Bertz CT molecular complexity index is 341. The van der Waals surface area contributed by atoms with Crippen molar-refractivity contribution in [2.75, 3.05) is 32.8 Å². The average molecular weight is 284 g/mol. The van der Waals surface area contributed by atoms with E-state index in [-0.39, 0.29) is 12.7 Å². The standard InChI is InChI=1S/C15H28N2O3/c1-15(2,3)20-14(19)17-7-4-5-13(10-17)16-8-6-12(9-16)11-18/h12-13,18H,4-11H2,1-3H3. The number of piperidine rings is 1. The van der Waals surface area contributed by atoms with E-state index in [9.17, 15) is 9.90 Å². The van der Waals surface area contributed by atoms with E-state index in [0.717, 1.165) is 45.4 Å². The third kappa shape index (κ3) is 4.09. The van der Waals surface area contributed by atoms with Crippen molar-refractivity contribution in [3.05, 3.63) is 0 Å². The Labute approximate surface area is 121 Å². The number of amides is 1. The quantitative estimate of drug-likeness (QED) is 0.838. The molecule has 0 spiro atoms. The van der Waals surface area contributed by atoms with Crippen molar-refractivity contribution in [2.45, 2.75) is 51.7 Å². The van der Waals surface area contributed by atoms with Gasteiger partial charge in [0.2, 0.25) is 0 Å². The largest absolute Gasteiger partial charge is 0.444 e. The van der Waals surface area contributed by atoms with Crippen molar-refractivity contribution in [3.63, 3.8) is 0 Å². The molecule has 0 bridgehead atoms. The van der Waals surface area contributed by atoms with E-state index < -0.39 is 5.60 Å². The number of rotatable bonds is 2. The van der Waals surface area contributed by atoms with Gasteiger partial charge in [-0.1, -0.05) is 0 Å². The highest BCUT2D eigenvalue weighted by molar-refractivity contribution is 5.68. The molecule has 116 valence electrons. The molecule has 2 aliphatic rings. The van der Waals surface area contributed by atoms with Crippen molar-refractivity contribution in [1.29, 1.82) is 0 Å². The summed E-state index contributed by atoms with van der Waals surface area (Å²) in [5.74, 6) is 0.409. The van der Waals surface area contributed by atoms with Crippen LogP contribution in [0.5, 0.6) is 0 Å². The zero-order valence-corrected chi connectivity index (χ0v) is 13.0. The summed E-state index contributed by atoms with van der Waals surface area (Å²) >= 11 is 0. The lowest BCUT2D eigenvalue weighted by atomic mass is 10.0. The molecule has 0 aromatic rings. The van der Waals surface area contributed by atoms with Gasteiger partial charge in [-0.3, -0.25) is 4.90 Å². The molecule has 2 atom stereocenters. The molecule has 0 aromatic heterocycles. The second kappa shape index (κ2) is 6.31. The van der Waals surface area contributed by atoms with Crippen LogP contribution in [0.4, 0.5) is 4.79 Å². The first kappa shape index (κ1) is 15.6. The van der Waals surface area contributed by atoms with Gasteiger partial charge in [0.15, 0.2) is 0 Å². The number of carbonyl (C=O) groups excluding carboxylic acids is 1. The monoisotopic (exact) mass is 284 g/mol. The molecule has 2 unspecified atom stereocenters. The molecule has 0 aromatic carbocycles. The Kier molecular flexibility index (Phi) is 4.91. The number of aliphatic hydroxyl groups is 1. The molecular formula is C15H28N2O3. The SMILES string of the molecule is CC(C)(C)OC(=O)N1CCCC(N2CCC(CO)C2)C1. The molecule has 0 aliphatic carbocycles. The molecule has 5 nitrogen and oxygen atoms in total. The van der Waals surface area contributed by atoms with Crippen molar-refractivity contribution in [1.82, 2.24) is 9.80 Å². The number of ether oxygens (including phenoxy) is 1. The predicted molar refractivity (Wildman–Crippen MR) is 77.6 cm³/mol. The van der Waals surface area contributed by atoms with Crippen LogP contribution in [0.15, 0.2) is 0 Å². The van der Waals surface area contributed by atoms with E-state index in [1.165, 1.54) is 0 Å². The van der Waals surface area contributed by atoms with Crippen LogP contribution < -0.4 is 0 Å². The van der Waals surface area contributed by atoms with Crippen LogP contribution in [-0.2, 0) is 4.74 Å². The fraction of sp³-hybridized carbons (Fsp3) is 0.933. The zero-order chi connectivity index (χ0) is 14.8. The molecule has 1 amide bonds. The second-order valence-corrected chi connectivity index (χ2v) is 7.05. The van der Waals surface area contributed by atoms with Gasteiger partial charge < -0.3 is 14.7 Å². The molecule has 1 N–H and O–H groups in total. The third-order valence-corrected chi connectivity index (χ3v) is 4.14. The van der Waals surface area contributed by atoms with Crippen LogP contribution in [0.3, 0.4) is 0 Å². The summed E-state index contributed by atoms with van der Waals surface area (Å²) in [4.78, 5) is 16.4. The summed E-state index contributed by atoms with van der Waals surface area (Å²) in [6.07, 6.45) is 3.04. The minimum Gasteiger partial charge on any atom is -0.444 e. The van der Waals surface area contributed by atoms with E-state index in [1.807, 2.05) is 25.7 Å². The lowest BCUT2D eigenvalue weighted by Crippen LogP contribution is -2.50. The highest BCUT2D eigenvalue weighted by Gasteiger charge is 2.33. The minimum absolute atomic E-state index is 0.194. The third-order valence-electron chi connectivity index (χ3n) is 4.14. The van der Waals surface area contributed by atoms with Gasteiger partial charge in [0, 0.05) is 32.3 Å². The van der Waals surface area contributed by atoms with Crippen molar-refractivity contribution < 1.29 is 14.6 Å². The molecule has 2 fully saturated rings. The summed E-state index contributed by atoms with van der Waals surface area (Å²) < 4.78 is 5.46. The van der Waals surface area contributed by atoms with Crippen LogP contribution in [-0.4, -0.2) is 65.4 Å². The summed E-state index contributed by atoms with van der Waals surface area (Å²) in [5, 5.41) is 9.24. The Hall–Kier alpha value is -0.810. The maximum absolute atomic E-state index is 12.1. The lowest BCUT2D eigenvalue weighted by molar-refractivity contribution is 0.0119. The Morgan fingerprint density at radius 1 is 1.25 bits per heavy atom. The number of hydrogen-bond acceptors (Lipinski definition) is 4. The molecule has 2 saturated heterocycles. The first-order valence-corrected chi connectivity index (χ1v) is 7.72. The van der Waals surface area contributed by atoms with Gasteiger partial charge in [-0.15, -0.1) is 0 Å². The van der Waals surface area contributed by atoms with E-state index >= 15 is 0 Å². The van der Waals surface area contributed by atoms with Crippen LogP contribution in [0.1, 0.15) is 40.0 Å². The van der Waals surface area contributed by atoms with Crippen molar-refractivity contribution in [3.8, 4) is 0 Å². The summed E-state index contributed by atoms with van der Waals surface area (Å²) in [7, 11) is 0. The van der Waals surface area contributed by atoms with Gasteiger partial charge in [-0.2, -0.15) is 0 Å².